The molecule has 0 aliphatic carbocycles. The van der Waals surface area contributed by atoms with E-state index in [9.17, 15) is 18.0 Å². The molecule has 1 aliphatic rings. The Labute approximate surface area is 246 Å². The van der Waals surface area contributed by atoms with Gasteiger partial charge in [0.2, 0.25) is 0 Å². The van der Waals surface area contributed by atoms with Gasteiger partial charge in [-0.25, -0.2) is 13.2 Å². The Morgan fingerprint density at radius 2 is 1.85 bits per heavy atom. The molecule has 0 fully saturated rings. The Morgan fingerprint density at radius 1 is 1.15 bits per heavy atom. The topological polar surface area (TPSA) is 102 Å². The molecule has 2 aromatic carbocycles. The van der Waals surface area contributed by atoms with Crippen LogP contribution in [0.15, 0.2) is 51.8 Å². The molecular formula is C30H41BrN2O6S. The number of esters is 1. The Balaban J connectivity index is 1.97. The van der Waals surface area contributed by atoms with Crippen molar-refractivity contribution in [3.63, 3.8) is 0 Å². The predicted octanol–water partition coefficient (Wildman–Crippen LogP) is 6.04. The van der Waals surface area contributed by atoms with E-state index in [-0.39, 0.29) is 28.9 Å². The number of methoxy groups -OCH3 is 1. The van der Waals surface area contributed by atoms with Gasteiger partial charge in [-0.05, 0) is 59.3 Å². The first kappa shape index (κ1) is 31.9. The molecule has 40 heavy (non-hydrogen) atoms. The van der Waals surface area contributed by atoms with E-state index in [1.165, 1.54) is 13.2 Å². The van der Waals surface area contributed by atoms with Crippen molar-refractivity contribution >= 4 is 49.0 Å². The molecule has 0 bridgehead atoms. The summed E-state index contributed by atoms with van der Waals surface area (Å²) in [4.78, 5) is 27.1. The minimum atomic E-state index is -3.70. The van der Waals surface area contributed by atoms with Gasteiger partial charge in [0.1, 0.15) is 11.8 Å². The first-order chi connectivity index (χ1) is 18.9. The SMILES string of the molecule is CCCCC1(CC)CN(c2ccccc2)c2cc(Br)c(OCC(=O)N[C@@H](CC(C)C)C(=O)OC)cc2S(=O)(=O)C1. The van der Waals surface area contributed by atoms with Gasteiger partial charge in [-0.15, -0.1) is 0 Å². The Morgan fingerprint density at radius 3 is 2.45 bits per heavy atom. The van der Waals surface area contributed by atoms with Gasteiger partial charge < -0.3 is 19.7 Å². The Hall–Kier alpha value is -2.59. The van der Waals surface area contributed by atoms with E-state index < -0.39 is 33.2 Å². The van der Waals surface area contributed by atoms with Gasteiger partial charge >= 0.3 is 5.97 Å². The lowest BCUT2D eigenvalue weighted by molar-refractivity contribution is -0.145. The van der Waals surface area contributed by atoms with Crippen molar-refractivity contribution in [2.75, 3.05) is 30.9 Å². The second-order valence-corrected chi connectivity index (χ2v) is 13.8. The molecular weight excluding hydrogens is 596 g/mol. The zero-order chi connectivity index (χ0) is 29.5. The number of carbonyl (C=O) groups is 2. The van der Waals surface area contributed by atoms with Crippen LogP contribution in [0, 0.1) is 11.3 Å². The number of amides is 1. The molecule has 1 unspecified atom stereocenters. The van der Waals surface area contributed by atoms with Crippen LogP contribution >= 0.6 is 15.9 Å². The Bertz CT molecular complexity index is 1280. The minimum absolute atomic E-state index is 0.0321. The van der Waals surface area contributed by atoms with E-state index in [4.69, 9.17) is 9.47 Å². The number of nitrogens with one attached hydrogen (secondary N) is 1. The van der Waals surface area contributed by atoms with Gasteiger partial charge in [-0.3, -0.25) is 4.79 Å². The van der Waals surface area contributed by atoms with Gasteiger partial charge in [0, 0.05) is 23.7 Å². The minimum Gasteiger partial charge on any atom is -0.483 e. The highest BCUT2D eigenvalue weighted by molar-refractivity contribution is 9.10. The largest absolute Gasteiger partial charge is 0.483 e. The summed E-state index contributed by atoms with van der Waals surface area (Å²) < 4.78 is 39.0. The number of hydrogen-bond acceptors (Lipinski definition) is 7. The van der Waals surface area contributed by atoms with Crippen LogP contribution in [0.25, 0.3) is 0 Å². The van der Waals surface area contributed by atoms with E-state index in [2.05, 4.69) is 40.0 Å². The number of anilines is 2. The molecule has 1 aliphatic heterocycles. The van der Waals surface area contributed by atoms with Crippen molar-refractivity contribution in [3.8, 4) is 5.75 Å². The number of ether oxygens (including phenoxy) is 2. The maximum absolute atomic E-state index is 13.9. The monoisotopic (exact) mass is 636 g/mol. The fraction of sp³-hybridized carbons (Fsp3) is 0.533. The molecule has 0 aromatic heterocycles. The second-order valence-electron chi connectivity index (χ2n) is 10.9. The highest BCUT2D eigenvalue weighted by atomic mass is 79.9. The highest BCUT2D eigenvalue weighted by Crippen LogP contribution is 2.46. The third kappa shape index (κ3) is 7.78. The highest BCUT2D eigenvalue weighted by Gasteiger charge is 2.42. The van der Waals surface area contributed by atoms with Gasteiger partial charge in [0.05, 0.1) is 27.9 Å². The van der Waals surface area contributed by atoms with E-state index in [0.29, 0.717) is 23.1 Å². The van der Waals surface area contributed by atoms with Crippen LogP contribution in [0.1, 0.15) is 59.8 Å². The number of benzene rings is 2. The molecule has 0 saturated carbocycles. The summed E-state index contributed by atoms with van der Waals surface area (Å²) in [6, 6.07) is 12.3. The molecule has 220 valence electrons. The van der Waals surface area contributed by atoms with Gasteiger partial charge in [0.25, 0.3) is 5.91 Å². The smallest absolute Gasteiger partial charge is 0.328 e. The molecule has 10 heteroatoms. The van der Waals surface area contributed by atoms with Crippen molar-refractivity contribution in [1.82, 2.24) is 5.32 Å². The van der Waals surface area contributed by atoms with Crippen LogP contribution in [-0.4, -0.2) is 52.4 Å². The second kappa shape index (κ2) is 13.9. The number of halogens is 1. The van der Waals surface area contributed by atoms with Crippen molar-refractivity contribution in [2.24, 2.45) is 11.3 Å². The van der Waals surface area contributed by atoms with Gasteiger partial charge in [-0.2, -0.15) is 0 Å². The normalized spacial score (nSPS) is 18.9. The summed E-state index contributed by atoms with van der Waals surface area (Å²) in [6.07, 6.45) is 3.88. The molecule has 1 amide bonds. The summed E-state index contributed by atoms with van der Waals surface area (Å²) in [7, 11) is -2.42. The lowest BCUT2D eigenvalue weighted by atomic mass is 9.81. The molecule has 0 radical (unpaired) electrons. The number of unbranched alkanes of at least 4 members (excludes halogenated alkanes) is 1. The maximum Gasteiger partial charge on any atom is 0.328 e. The van der Waals surface area contributed by atoms with Gasteiger partial charge in [-0.1, -0.05) is 58.7 Å². The predicted molar refractivity (Wildman–Crippen MR) is 161 cm³/mol. The number of para-hydroxylation sites is 1. The summed E-state index contributed by atoms with van der Waals surface area (Å²) in [5.41, 5.74) is 1.06. The number of nitrogens with zero attached hydrogens (tertiary/aromatic N) is 1. The van der Waals surface area contributed by atoms with Crippen molar-refractivity contribution in [1.29, 1.82) is 0 Å². The molecule has 2 atom stereocenters. The number of rotatable bonds is 12. The molecule has 1 N–H and O–H groups in total. The van der Waals surface area contributed by atoms with Crippen LogP contribution in [0.5, 0.6) is 5.75 Å². The number of fused-ring (bicyclic) bond motifs is 1. The summed E-state index contributed by atoms with van der Waals surface area (Å²) in [6.45, 7) is 8.25. The molecule has 1 heterocycles. The van der Waals surface area contributed by atoms with Crippen LogP contribution < -0.4 is 15.0 Å². The fourth-order valence-corrected chi connectivity index (χ4v) is 7.80. The van der Waals surface area contributed by atoms with Crippen molar-refractivity contribution in [2.45, 2.75) is 70.7 Å². The average Bonchev–Trinajstić information content (AvgIpc) is 3.01. The molecule has 0 spiro atoms. The quantitative estimate of drug-likeness (QED) is 0.283. The molecule has 2 aromatic rings. The first-order valence-corrected chi connectivity index (χ1v) is 16.3. The molecule has 8 nitrogen and oxygen atoms in total. The maximum atomic E-state index is 13.9. The van der Waals surface area contributed by atoms with E-state index >= 15 is 0 Å². The van der Waals surface area contributed by atoms with E-state index in [1.54, 1.807) is 6.07 Å². The lowest BCUT2D eigenvalue weighted by Crippen LogP contribution is -2.44. The third-order valence-corrected chi connectivity index (χ3v) is 10.0. The number of carbonyl (C=O) groups excluding carboxylic acids is 2. The summed E-state index contributed by atoms with van der Waals surface area (Å²) >= 11 is 3.54. The average molecular weight is 638 g/mol. The lowest BCUT2D eigenvalue weighted by Gasteiger charge is -2.36. The number of hydrogen-bond donors (Lipinski definition) is 1. The Kier molecular flexibility index (Phi) is 11.1. The van der Waals surface area contributed by atoms with E-state index in [1.807, 2.05) is 44.2 Å². The molecule has 0 saturated heterocycles. The zero-order valence-electron chi connectivity index (χ0n) is 24.0. The summed E-state index contributed by atoms with van der Waals surface area (Å²) in [5.74, 6) is -0.598. The van der Waals surface area contributed by atoms with Crippen molar-refractivity contribution in [3.05, 3.63) is 46.9 Å². The first-order valence-electron chi connectivity index (χ1n) is 13.8. The third-order valence-electron chi connectivity index (χ3n) is 7.39. The van der Waals surface area contributed by atoms with Crippen LogP contribution in [0.2, 0.25) is 0 Å². The van der Waals surface area contributed by atoms with Crippen molar-refractivity contribution < 1.29 is 27.5 Å². The number of sulfone groups is 1. The van der Waals surface area contributed by atoms with Crippen LogP contribution in [-0.2, 0) is 24.2 Å². The standard InChI is InChI=1S/C30H41BrN2O6S/c1-6-8-14-30(7-2)19-33(22-12-10-9-11-13-22)25-16-23(31)26(17-27(25)40(36,37)20-30)39-18-28(34)32-24(15-21(3)4)29(35)38-5/h9-13,16-17,21,24H,6-8,14-15,18-20H2,1-5H3,(H,32,34)/t24-,30?/m0/s1. The summed E-state index contributed by atoms with van der Waals surface area (Å²) in [5, 5.41) is 2.66. The fourth-order valence-electron chi connectivity index (χ4n) is 5.18. The van der Waals surface area contributed by atoms with E-state index in [0.717, 1.165) is 31.4 Å². The zero-order valence-corrected chi connectivity index (χ0v) is 26.4. The van der Waals surface area contributed by atoms with Crippen LogP contribution in [0.4, 0.5) is 11.4 Å². The van der Waals surface area contributed by atoms with Crippen LogP contribution in [0.3, 0.4) is 0 Å². The molecule has 3 rings (SSSR count). The van der Waals surface area contributed by atoms with Gasteiger partial charge in [0.15, 0.2) is 16.4 Å².